The van der Waals surface area contributed by atoms with E-state index < -0.39 is 5.91 Å². The topological polar surface area (TPSA) is 122 Å². The Kier molecular flexibility index (Phi) is 5.81. The summed E-state index contributed by atoms with van der Waals surface area (Å²) in [7, 11) is 0. The van der Waals surface area contributed by atoms with Crippen molar-refractivity contribution in [2.24, 2.45) is 5.73 Å². The maximum Gasteiger partial charge on any atom is 0.254 e. The molecule has 142 valence electrons. The van der Waals surface area contributed by atoms with E-state index >= 15 is 0 Å². The van der Waals surface area contributed by atoms with Crippen molar-refractivity contribution in [3.63, 3.8) is 0 Å². The van der Waals surface area contributed by atoms with Gasteiger partial charge in [0, 0.05) is 31.0 Å². The molecule has 0 spiro atoms. The molecule has 2 amide bonds. The fourth-order valence-electron chi connectivity index (χ4n) is 2.55. The predicted molar refractivity (Wildman–Crippen MR) is 108 cm³/mol. The van der Waals surface area contributed by atoms with Gasteiger partial charge in [0.1, 0.15) is 5.82 Å². The average molecular weight is 376 g/mol. The molecule has 0 bridgehead atoms. The molecule has 0 aliphatic carbocycles. The van der Waals surface area contributed by atoms with Crippen molar-refractivity contribution in [3.05, 3.63) is 71.9 Å². The molecule has 0 aliphatic heterocycles. The maximum atomic E-state index is 11.7. The minimum atomic E-state index is -0.616. The highest BCUT2D eigenvalue weighted by atomic mass is 16.1. The molecule has 0 saturated heterocycles. The van der Waals surface area contributed by atoms with Crippen molar-refractivity contribution in [2.75, 3.05) is 16.0 Å². The molecule has 0 saturated carbocycles. The number of primary amides is 1. The number of aromatic nitrogens is 2. The van der Waals surface area contributed by atoms with Crippen LogP contribution in [0.5, 0.6) is 0 Å². The molecule has 0 unspecified atom stereocenters. The molecule has 28 heavy (non-hydrogen) atoms. The normalized spacial score (nSPS) is 10.2. The molecule has 0 atom stereocenters. The SMILES string of the molecule is CC(=O)Nc1cccc(Nc2ncc(C(N)=O)c(NCc3ccccc3)n2)c1. The summed E-state index contributed by atoms with van der Waals surface area (Å²) in [5.41, 5.74) is 8.01. The van der Waals surface area contributed by atoms with Gasteiger partial charge in [-0.3, -0.25) is 9.59 Å². The van der Waals surface area contributed by atoms with E-state index in [0.717, 1.165) is 5.56 Å². The largest absolute Gasteiger partial charge is 0.365 e. The summed E-state index contributed by atoms with van der Waals surface area (Å²) in [6.07, 6.45) is 1.38. The number of hydrogen-bond acceptors (Lipinski definition) is 6. The second-order valence-electron chi connectivity index (χ2n) is 6.05. The number of carbonyl (C=O) groups excluding carboxylic acids is 2. The summed E-state index contributed by atoms with van der Waals surface area (Å²) in [6.45, 7) is 1.92. The molecule has 8 nitrogen and oxygen atoms in total. The van der Waals surface area contributed by atoms with E-state index in [0.29, 0.717) is 29.7 Å². The van der Waals surface area contributed by atoms with Gasteiger partial charge in [-0.05, 0) is 23.8 Å². The van der Waals surface area contributed by atoms with Crippen LogP contribution in [0.15, 0.2) is 60.8 Å². The summed E-state index contributed by atoms with van der Waals surface area (Å²) in [5, 5.41) is 8.89. The van der Waals surface area contributed by atoms with Gasteiger partial charge in [-0.1, -0.05) is 36.4 Å². The Morgan fingerprint density at radius 3 is 2.50 bits per heavy atom. The van der Waals surface area contributed by atoms with E-state index in [1.54, 1.807) is 18.2 Å². The second kappa shape index (κ2) is 8.63. The molecule has 1 heterocycles. The first-order valence-electron chi connectivity index (χ1n) is 8.60. The van der Waals surface area contributed by atoms with Gasteiger partial charge in [0.05, 0.1) is 5.56 Å². The Labute approximate surface area is 162 Å². The first-order valence-corrected chi connectivity index (χ1v) is 8.60. The van der Waals surface area contributed by atoms with Gasteiger partial charge >= 0.3 is 0 Å². The van der Waals surface area contributed by atoms with Gasteiger partial charge in [-0.25, -0.2) is 4.98 Å². The van der Waals surface area contributed by atoms with E-state index in [1.165, 1.54) is 13.1 Å². The molecule has 5 N–H and O–H groups in total. The van der Waals surface area contributed by atoms with Crippen molar-refractivity contribution in [2.45, 2.75) is 13.5 Å². The van der Waals surface area contributed by atoms with Crippen molar-refractivity contribution in [1.82, 2.24) is 9.97 Å². The van der Waals surface area contributed by atoms with E-state index in [-0.39, 0.29) is 11.5 Å². The number of amides is 2. The molecule has 0 aliphatic rings. The Hall–Kier alpha value is -3.94. The fourth-order valence-corrected chi connectivity index (χ4v) is 2.55. The molecule has 0 radical (unpaired) electrons. The first kappa shape index (κ1) is 18.8. The number of nitrogens with two attached hydrogens (primary N) is 1. The second-order valence-corrected chi connectivity index (χ2v) is 6.05. The van der Waals surface area contributed by atoms with Crippen LogP contribution in [0.4, 0.5) is 23.1 Å². The molecular formula is C20H20N6O2. The van der Waals surface area contributed by atoms with E-state index in [4.69, 9.17) is 5.73 Å². The molecular weight excluding hydrogens is 356 g/mol. The standard InChI is InChI=1S/C20H20N6O2/c1-13(27)24-15-8-5-9-16(10-15)25-20-23-12-17(18(21)28)19(26-20)22-11-14-6-3-2-4-7-14/h2-10,12H,11H2,1H3,(H2,21,28)(H,24,27)(H2,22,23,25,26). The number of anilines is 4. The third-order valence-electron chi connectivity index (χ3n) is 3.80. The van der Waals surface area contributed by atoms with Crippen LogP contribution in [0.1, 0.15) is 22.8 Å². The zero-order chi connectivity index (χ0) is 19.9. The van der Waals surface area contributed by atoms with Crippen molar-refractivity contribution < 1.29 is 9.59 Å². The number of hydrogen-bond donors (Lipinski definition) is 4. The number of benzene rings is 2. The quantitative estimate of drug-likeness (QED) is 0.503. The van der Waals surface area contributed by atoms with Crippen molar-refractivity contribution in [1.29, 1.82) is 0 Å². The molecule has 2 aromatic carbocycles. The predicted octanol–water partition coefficient (Wildman–Crippen LogP) is 2.89. The zero-order valence-corrected chi connectivity index (χ0v) is 15.3. The highest BCUT2D eigenvalue weighted by molar-refractivity contribution is 5.97. The highest BCUT2D eigenvalue weighted by Crippen LogP contribution is 2.20. The molecule has 0 fully saturated rings. The van der Waals surface area contributed by atoms with Crippen LogP contribution < -0.4 is 21.7 Å². The number of carbonyl (C=O) groups is 2. The smallest absolute Gasteiger partial charge is 0.254 e. The van der Waals surface area contributed by atoms with Crippen LogP contribution in [0.2, 0.25) is 0 Å². The maximum absolute atomic E-state index is 11.7. The Bertz CT molecular complexity index is 991. The summed E-state index contributed by atoms with van der Waals surface area (Å²) in [6, 6.07) is 16.9. The highest BCUT2D eigenvalue weighted by Gasteiger charge is 2.12. The summed E-state index contributed by atoms with van der Waals surface area (Å²) >= 11 is 0. The summed E-state index contributed by atoms with van der Waals surface area (Å²) in [4.78, 5) is 31.4. The van der Waals surface area contributed by atoms with Crippen LogP contribution in [0, 0.1) is 0 Å². The summed E-state index contributed by atoms with van der Waals surface area (Å²) < 4.78 is 0. The molecule has 1 aromatic heterocycles. The lowest BCUT2D eigenvalue weighted by molar-refractivity contribution is -0.114. The lowest BCUT2D eigenvalue weighted by Crippen LogP contribution is -2.17. The lowest BCUT2D eigenvalue weighted by atomic mass is 10.2. The van der Waals surface area contributed by atoms with Crippen molar-refractivity contribution in [3.8, 4) is 0 Å². The monoisotopic (exact) mass is 376 g/mol. The number of rotatable bonds is 7. The zero-order valence-electron chi connectivity index (χ0n) is 15.3. The van der Waals surface area contributed by atoms with Gasteiger partial charge in [-0.15, -0.1) is 0 Å². The van der Waals surface area contributed by atoms with Gasteiger partial charge < -0.3 is 21.7 Å². The average Bonchev–Trinajstić information content (AvgIpc) is 2.67. The van der Waals surface area contributed by atoms with Crippen molar-refractivity contribution >= 4 is 35.0 Å². The summed E-state index contributed by atoms with van der Waals surface area (Å²) in [5.74, 6) is -0.145. The number of nitrogens with one attached hydrogen (secondary N) is 3. The minimum absolute atomic E-state index is 0.161. The van der Waals surface area contributed by atoms with Gasteiger partial charge in [0.15, 0.2) is 0 Å². The minimum Gasteiger partial charge on any atom is -0.365 e. The third-order valence-corrected chi connectivity index (χ3v) is 3.80. The van der Waals surface area contributed by atoms with Gasteiger partial charge in [-0.2, -0.15) is 4.98 Å². The van der Waals surface area contributed by atoms with Gasteiger partial charge in [0.25, 0.3) is 5.91 Å². The van der Waals surface area contributed by atoms with Crippen LogP contribution in [0.3, 0.4) is 0 Å². The molecule has 3 aromatic rings. The Morgan fingerprint density at radius 2 is 1.79 bits per heavy atom. The van der Waals surface area contributed by atoms with Crippen LogP contribution in [0.25, 0.3) is 0 Å². The first-order chi connectivity index (χ1) is 13.5. The fraction of sp³-hybridized carbons (Fsp3) is 0.100. The lowest BCUT2D eigenvalue weighted by Gasteiger charge is -2.12. The number of nitrogens with zero attached hydrogens (tertiary/aromatic N) is 2. The molecule has 8 heteroatoms. The van der Waals surface area contributed by atoms with Crippen LogP contribution >= 0.6 is 0 Å². The third kappa shape index (κ3) is 5.04. The molecule has 3 rings (SSSR count). The Morgan fingerprint density at radius 1 is 1.04 bits per heavy atom. The Balaban J connectivity index is 1.80. The van der Waals surface area contributed by atoms with E-state index in [1.807, 2.05) is 36.4 Å². The van der Waals surface area contributed by atoms with E-state index in [2.05, 4.69) is 25.9 Å². The van der Waals surface area contributed by atoms with Crippen LogP contribution in [-0.4, -0.2) is 21.8 Å². The van der Waals surface area contributed by atoms with E-state index in [9.17, 15) is 9.59 Å². The van der Waals surface area contributed by atoms with Crippen LogP contribution in [-0.2, 0) is 11.3 Å². The van der Waals surface area contributed by atoms with Gasteiger partial charge in [0.2, 0.25) is 11.9 Å².